The quantitative estimate of drug-likeness (QED) is 0.839. The van der Waals surface area contributed by atoms with E-state index in [0.717, 1.165) is 18.2 Å². The Balaban J connectivity index is 2.54. The summed E-state index contributed by atoms with van der Waals surface area (Å²) in [7, 11) is 0. The van der Waals surface area contributed by atoms with Crippen LogP contribution in [-0.2, 0) is 18.5 Å². The van der Waals surface area contributed by atoms with Crippen LogP contribution in [0.25, 0.3) is 0 Å². The maximum atomic E-state index is 14.2. The molecule has 2 aromatic carbocycles. The molecule has 2 aromatic rings. The summed E-state index contributed by atoms with van der Waals surface area (Å²) in [4.78, 5) is 0. The molecule has 1 N–H and O–H groups in total. The molecule has 5 heteroatoms. The Bertz CT molecular complexity index is 581. The smallest absolute Gasteiger partial charge is 0.340 e. The number of aliphatic hydroxyl groups is 1. The van der Waals surface area contributed by atoms with Gasteiger partial charge >= 0.3 is 11.8 Å². The Morgan fingerprint density at radius 3 is 1.90 bits per heavy atom. The van der Waals surface area contributed by atoms with Crippen LogP contribution < -0.4 is 0 Å². The number of hydrogen-bond donors (Lipinski definition) is 1. The summed E-state index contributed by atoms with van der Waals surface area (Å²) in [5.74, 6) is -8.77. The number of benzene rings is 2. The number of rotatable bonds is 4. The predicted molar refractivity (Wildman–Crippen MR) is 66.6 cm³/mol. The van der Waals surface area contributed by atoms with E-state index in [1.807, 2.05) is 0 Å². The van der Waals surface area contributed by atoms with Gasteiger partial charge < -0.3 is 5.11 Å². The SMILES string of the molecule is OCc1ccccc1C(F)(F)C(F)(F)c1ccccc1. The largest absolute Gasteiger partial charge is 0.392 e. The number of halogens is 4. The topological polar surface area (TPSA) is 20.2 Å². The maximum absolute atomic E-state index is 14.2. The molecular weight excluding hydrogens is 272 g/mol. The van der Waals surface area contributed by atoms with Gasteiger partial charge in [0.1, 0.15) is 0 Å². The normalized spacial score (nSPS) is 12.4. The first-order valence-electron chi connectivity index (χ1n) is 5.91. The monoisotopic (exact) mass is 284 g/mol. The van der Waals surface area contributed by atoms with E-state index in [2.05, 4.69) is 0 Å². The number of alkyl halides is 4. The van der Waals surface area contributed by atoms with Crippen molar-refractivity contribution < 1.29 is 22.7 Å². The highest BCUT2D eigenvalue weighted by Gasteiger charge is 2.59. The minimum absolute atomic E-state index is 0.215. The molecule has 0 amide bonds. The van der Waals surface area contributed by atoms with Gasteiger partial charge in [-0.3, -0.25) is 0 Å². The molecule has 0 atom stereocenters. The number of hydrogen-bond acceptors (Lipinski definition) is 1. The van der Waals surface area contributed by atoms with Gasteiger partial charge in [0, 0.05) is 11.1 Å². The zero-order chi connectivity index (χ0) is 14.8. The summed E-state index contributed by atoms with van der Waals surface area (Å²) in [5, 5.41) is 9.04. The Kier molecular flexibility index (Phi) is 3.81. The van der Waals surface area contributed by atoms with E-state index in [9.17, 15) is 17.6 Å². The molecule has 0 aromatic heterocycles. The first-order chi connectivity index (χ1) is 9.41. The second-order valence-corrected chi connectivity index (χ2v) is 4.33. The first-order valence-corrected chi connectivity index (χ1v) is 5.91. The van der Waals surface area contributed by atoms with Gasteiger partial charge in [0.05, 0.1) is 6.61 Å². The van der Waals surface area contributed by atoms with Crippen LogP contribution in [0.2, 0.25) is 0 Å². The van der Waals surface area contributed by atoms with Gasteiger partial charge in [-0.25, -0.2) is 0 Å². The van der Waals surface area contributed by atoms with E-state index in [4.69, 9.17) is 5.11 Å². The molecule has 0 bridgehead atoms. The second kappa shape index (κ2) is 5.25. The predicted octanol–water partition coefficient (Wildman–Crippen LogP) is 4.06. The molecule has 0 unspecified atom stereocenters. The van der Waals surface area contributed by atoms with Crippen LogP contribution in [0, 0.1) is 0 Å². The van der Waals surface area contributed by atoms with Gasteiger partial charge in [-0.2, -0.15) is 17.6 Å². The molecule has 0 radical (unpaired) electrons. The molecule has 0 fully saturated rings. The van der Waals surface area contributed by atoms with Crippen LogP contribution in [0.5, 0.6) is 0 Å². The van der Waals surface area contributed by atoms with E-state index in [-0.39, 0.29) is 5.56 Å². The highest BCUT2D eigenvalue weighted by atomic mass is 19.3. The van der Waals surface area contributed by atoms with Crippen LogP contribution in [-0.4, -0.2) is 5.11 Å². The van der Waals surface area contributed by atoms with Crippen molar-refractivity contribution in [3.8, 4) is 0 Å². The number of aliphatic hydroxyl groups excluding tert-OH is 1. The average Bonchev–Trinajstić information content (AvgIpc) is 2.47. The lowest BCUT2D eigenvalue weighted by Crippen LogP contribution is -2.36. The lowest BCUT2D eigenvalue weighted by atomic mass is 9.93. The summed E-state index contributed by atoms with van der Waals surface area (Å²) in [6.45, 7) is -0.726. The van der Waals surface area contributed by atoms with E-state index in [1.54, 1.807) is 0 Å². The Morgan fingerprint density at radius 1 is 0.750 bits per heavy atom. The highest BCUT2D eigenvalue weighted by Crippen LogP contribution is 2.50. The van der Waals surface area contributed by atoms with Crippen molar-refractivity contribution in [2.75, 3.05) is 0 Å². The third kappa shape index (κ3) is 2.29. The summed E-state index contributed by atoms with van der Waals surface area (Å²) in [6.07, 6.45) is 0. The van der Waals surface area contributed by atoms with Crippen molar-refractivity contribution in [1.82, 2.24) is 0 Å². The molecule has 106 valence electrons. The van der Waals surface area contributed by atoms with Gasteiger partial charge in [0.25, 0.3) is 0 Å². The third-order valence-electron chi connectivity index (χ3n) is 3.06. The standard InChI is InChI=1S/C15H12F4O/c16-14(17,12-7-2-1-3-8-12)15(18,19)13-9-5-4-6-11(13)10-20/h1-9,20H,10H2. The minimum atomic E-state index is -4.41. The zero-order valence-electron chi connectivity index (χ0n) is 10.4. The molecule has 0 heterocycles. The van der Waals surface area contributed by atoms with E-state index >= 15 is 0 Å². The van der Waals surface area contributed by atoms with Gasteiger partial charge in [-0.1, -0.05) is 54.6 Å². The molecular formula is C15H12F4O. The van der Waals surface area contributed by atoms with Crippen molar-refractivity contribution in [3.05, 3.63) is 71.3 Å². The van der Waals surface area contributed by atoms with Crippen molar-refractivity contribution in [1.29, 1.82) is 0 Å². The maximum Gasteiger partial charge on any atom is 0.340 e. The Labute approximate surface area is 113 Å². The molecule has 0 aliphatic rings. The Morgan fingerprint density at radius 2 is 1.30 bits per heavy atom. The highest BCUT2D eigenvalue weighted by molar-refractivity contribution is 5.35. The Hall–Kier alpha value is -1.88. The summed E-state index contributed by atoms with van der Waals surface area (Å²) in [5.41, 5.74) is -1.85. The fraction of sp³-hybridized carbons (Fsp3) is 0.200. The van der Waals surface area contributed by atoms with Crippen molar-refractivity contribution in [2.45, 2.75) is 18.5 Å². The average molecular weight is 284 g/mol. The van der Waals surface area contributed by atoms with Gasteiger partial charge in [0.15, 0.2) is 0 Å². The molecule has 2 rings (SSSR count). The molecule has 0 aliphatic carbocycles. The van der Waals surface area contributed by atoms with Crippen molar-refractivity contribution >= 4 is 0 Å². The van der Waals surface area contributed by atoms with Crippen LogP contribution in [0.4, 0.5) is 17.6 Å². The molecule has 1 nitrogen and oxygen atoms in total. The molecule has 0 spiro atoms. The van der Waals surface area contributed by atoms with E-state index in [1.165, 1.54) is 36.4 Å². The van der Waals surface area contributed by atoms with Crippen molar-refractivity contribution in [2.24, 2.45) is 0 Å². The third-order valence-corrected chi connectivity index (χ3v) is 3.06. The molecule has 0 saturated heterocycles. The van der Waals surface area contributed by atoms with E-state index < -0.39 is 29.6 Å². The van der Waals surface area contributed by atoms with Crippen LogP contribution >= 0.6 is 0 Å². The van der Waals surface area contributed by atoms with Gasteiger partial charge in [-0.15, -0.1) is 0 Å². The van der Waals surface area contributed by atoms with Crippen molar-refractivity contribution in [3.63, 3.8) is 0 Å². The fourth-order valence-electron chi connectivity index (χ4n) is 1.96. The summed E-state index contributed by atoms with van der Waals surface area (Å²) < 4.78 is 56.6. The second-order valence-electron chi connectivity index (χ2n) is 4.33. The van der Waals surface area contributed by atoms with Crippen LogP contribution in [0.3, 0.4) is 0 Å². The van der Waals surface area contributed by atoms with E-state index in [0.29, 0.717) is 0 Å². The minimum Gasteiger partial charge on any atom is -0.392 e. The molecule has 0 aliphatic heterocycles. The van der Waals surface area contributed by atoms with Gasteiger partial charge in [-0.05, 0) is 5.56 Å². The lowest BCUT2D eigenvalue weighted by molar-refractivity contribution is -0.224. The van der Waals surface area contributed by atoms with Crippen LogP contribution in [0.15, 0.2) is 54.6 Å². The first kappa shape index (κ1) is 14.5. The van der Waals surface area contributed by atoms with Gasteiger partial charge in [0.2, 0.25) is 0 Å². The molecule has 20 heavy (non-hydrogen) atoms. The fourth-order valence-corrected chi connectivity index (χ4v) is 1.96. The van der Waals surface area contributed by atoms with Crippen LogP contribution in [0.1, 0.15) is 16.7 Å². The zero-order valence-corrected chi connectivity index (χ0v) is 10.4. The summed E-state index contributed by atoms with van der Waals surface area (Å²) in [6, 6.07) is 10.7. The summed E-state index contributed by atoms with van der Waals surface area (Å²) >= 11 is 0. The molecule has 0 saturated carbocycles. The lowest BCUT2D eigenvalue weighted by Gasteiger charge is -2.28.